The van der Waals surface area contributed by atoms with Gasteiger partial charge in [0.15, 0.2) is 5.82 Å². The Hall–Kier alpha value is -2.94. The van der Waals surface area contributed by atoms with Gasteiger partial charge in [0.05, 0.1) is 5.69 Å². The molecule has 25 heavy (non-hydrogen) atoms. The van der Waals surface area contributed by atoms with Gasteiger partial charge in [-0.05, 0) is 38.3 Å². The summed E-state index contributed by atoms with van der Waals surface area (Å²) in [5.41, 5.74) is 4.29. The molecule has 1 aliphatic rings. The van der Waals surface area contributed by atoms with Crippen LogP contribution in [0.3, 0.4) is 0 Å². The number of benzene rings is 1. The van der Waals surface area contributed by atoms with Crippen LogP contribution in [0, 0.1) is 32.1 Å². The third-order valence-corrected chi connectivity index (χ3v) is 4.67. The number of rotatable bonds is 4. The molecule has 1 aliphatic heterocycles. The van der Waals surface area contributed by atoms with Crippen LogP contribution in [-0.2, 0) is 11.3 Å². The zero-order valence-electron chi connectivity index (χ0n) is 14.7. The number of carbonyl (C=O) groups excluding carboxylic acids is 1. The van der Waals surface area contributed by atoms with Crippen molar-refractivity contribution in [3.05, 3.63) is 52.2 Å². The van der Waals surface area contributed by atoms with E-state index in [0.717, 1.165) is 16.8 Å². The molecular weight excluding hydrogens is 314 g/mol. The van der Waals surface area contributed by atoms with Gasteiger partial charge in [0.2, 0.25) is 5.91 Å². The Bertz CT molecular complexity index is 838. The lowest BCUT2D eigenvalue weighted by molar-refractivity contribution is -0.128. The Kier molecular flexibility index (Phi) is 4.66. The number of amides is 1. The van der Waals surface area contributed by atoms with E-state index in [4.69, 9.17) is 0 Å². The quantitative estimate of drug-likeness (QED) is 0.928. The molecular formula is C19H21N5O. The number of hydrogen-bond donors (Lipinski definition) is 1. The maximum atomic E-state index is 12.7. The zero-order valence-corrected chi connectivity index (χ0v) is 14.7. The van der Waals surface area contributed by atoms with Crippen LogP contribution in [0.15, 0.2) is 24.3 Å². The van der Waals surface area contributed by atoms with Crippen molar-refractivity contribution in [2.45, 2.75) is 39.8 Å². The van der Waals surface area contributed by atoms with Gasteiger partial charge in [-0.3, -0.25) is 4.79 Å². The molecule has 3 rings (SSSR count). The number of likely N-dealkylation sites (tertiary alicyclic amines) is 1. The second-order valence-corrected chi connectivity index (χ2v) is 6.48. The third-order valence-electron chi connectivity index (χ3n) is 4.67. The Morgan fingerprint density at radius 2 is 1.96 bits per heavy atom. The van der Waals surface area contributed by atoms with E-state index >= 15 is 0 Å². The van der Waals surface area contributed by atoms with E-state index in [1.807, 2.05) is 37.8 Å². The molecule has 1 amide bonds. The maximum absolute atomic E-state index is 12.7. The van der Waals surface area contributed by atoms with Crippen LogP contribution in [0.25, 0.3) is 0 Å². The first-order chi connectivity index (χ1) is 12.0. The Balaban J connectivity index is 1.72. The lowest BCUT2D eigenvalue weighted by Crippen LogP contribution is -2.33. The molecule has 1 saturated heterocycles. The highest BCUT2D eigenvalue weighted by atomic mass is 16.2. The molecule has 2 aromatic rings. The van der Waals surface area contributed by atoms with Crippen molar-refractivity contribution in [3.8, 4) is 6.07 Å². The molecule has 1 N–H and O–H groups in total. The van der Waals surface area contributed by atoms with Crippen LogP contribution in [0.1, 0.15) is 34.4 Å². The molecule has 1 aromatic carbocycles. The molecule has 6 heteroatoms. The largest absolute Gasteiger partial charge is 0.356 e. The number of aromatic nitrogens is 2. The van der Waals surface area contributed by atoms with Crippen LogP contribution in [-0.4, -0.2) is 33.6 Å². The highest BCUT2D eigenvalue weighted by Gasteiger charge is 2.32. The molecule has 0 radical (unpaired) electrons. The fraction of sp³-hybridized carbons (Fsp3) is 0.368. The van der Waals surface area contributed by atoms with Gasteiger partial charge in [-0.25, -0.2) is 0 Å². The third kappa shape index (κ3) is 3.45. The molecule has 6 nitrogen and oxygen atoms in total. The van der Waals surface area contributed by atoms with Crippen molar-refractivity contribution in [1.82, 2.24) is 15.1 Å². The van der Waals surface area contributed by atoms with Gasteiger partial charge in [-0.15, -0.1) is 5.10 Å². The van der Waals surface area contributed by atoms with Gasteiger partial charge >= 0.3 is 0 Å². The van der Waals surface area contributed by atoms with Crippen molar-refractivity contribution < 1.29 is 4.79 Å². The van der Waals surface area contributed by atoms with E-state index in [9.17, 15) is 10.1 Å². The van der Waals surface area contributed by atoms with Crippen LogP contribution < -0.4 is 5.32 Å². The van der Waals surface area contributed by atoms with Gasteiger partial charge in [0.25, 0.3) is 0 Å². The van der Waals surface area contributed by atoms with E-state index in [-0.39, 0.29) is 11.9 Å². The maximum Gasteiger partial charge on any atom is 0.245 e. The number of aryl methyl sites for hydroxylation is 2. The summed E-state index contributed by atoms with van der Waals surface area (Å²) < 4.78 is 0. The van der Waals surface area contributed by atoms with Crippen molar-refractivity contribution in [2.75, 3.05) is 11.9 Å². The van der Waals surface area contributed by atoms with Crippen molar-refractivity contribution >= 4 is 11.7 Å². The Labute approximate surface area is 147 Å². The summed E-state index contributed by atoms with van der Waals surface area (Å²) in [5.74, 6) is 0.422. The van der Waals surface area contributed by atoms with Crippen LogP contribution in [0.4, 0.5) is 5.82 Å². The van der Waals surface area contributed by atoms with E-state index in [1.54, 1.807) is 0 Å². The van der Waals surface area contributed by atoms with E-state index in [2.05, 4.69) is 33.7 Å². The summed E-state index contributed by atoms with van der Waals surface area (Å²) in [6.07, 6.45) is 0.685. The zero-order chi connectivity index (χ0) is 18.0. The molecule has 0 spiro atoms. The first-order valence-corrected chi connectivity index (χ1v) is 8.34. The molecule has 1 atom stereocenters. The standard InChI is InChI=1S/C19H21N5O/c1-12-4-6-15(7-5-12)11-24-9-8-17(19(24)25)21-18-16(10-20)13(2)14(3)22-23-18/h4-7,17H,8-9,11H2,1-3H3,(H,21,23). The van der Waals surface area contributed by atoms with Crippen molar-refractivity contribution in [2.24, 2.45) is 0 Å². The predicted octanol–water partition coefficient (Wildman–Crippen LogP) is 2.49. The molecule has 1 unspecified atom stereocenters. The highest BCUT2D eigenvalue weighted by molar-refractivity contribution is 5.86. The average molecular weight is 335 g/mol. The fourth-order valence-corrected chi connectivity index (χ4v) is 2.96. The van der Waals surface area contributed by atoms with Gasteiger partial charge < -0.3 is 10.2 Å². The van der Waals surface area contributed by atoms with E-state index in [1.165, 1.54) is 5.56 Å². The number of hydrogen-bond acceptors (Lipinski definition) is 5. The minimum absolute atomic E-state index is 0.0319. The minimum atomic E-state index is -0.367. The van der Waals surface area contributed by atoms with Crippen LogP contribution >= 0.6 is 0 Å². The normalized spacial score (nSPS) is 16.8. The topological polar surface area (TPSA) is 81.9 Å². The SMILES string of the molecule is Cc1ccc(CN2CCC(Nc3nnc(C)c(C)c3C#N)C2=O)cc1. The van der Waals surface area contributed by atoms with Gasteiger partial charge in [-0.1, -0.05) is 29.8 Å². The second-order valence-electron chi connectivity index (χ2n) is 6.48. The van der Waals surface area contributed by atoms with Crippen LogP contribution in [0.5, 0.6) is 0 Å². The van der Waals surface area contributed by atoms with Gasteiger partial charge in [0.1, 0.15) is 17.7 Å². The van der Waals surface area contributed by atoms with Gasteiger partial charge in [0, 0.05) is 13.1 Å². The smallest absolute Gasteiger partial charge is 0.245 e. The number of anilines is 1. The summed E-state index contributed by atoms with van der Waals surface area (Å²) in [4.78, 5) is 14.5. The number of nitriles is 1. The van der Waals surface area contributed by atoms with Gasteiger partial charge in [-0.2, -0.15) is 10.4 Å². The summed E-state index contributed by atoms with van der Waals surface area (Å²) in [5, 5.41) is 20.6. The lowest BCUT2D eigenvalue weighted by atomic mass is 10.1. The van der Waals surface area contributed by atoms with E-state index in [0.29, 0.717) is 30.9 Å². The summed E-state index contributed by atoms with van der Waals surface area (Å²) >= 11 is 0. The summed E-state index contributed by atoms with van der Waals surface area (Å²) in [6.45, 7) is 6.98. The van der Waals surface area contributed by atoms with E-state index < -0.39 is 0 Å². The molecule has 128 valence electrons. The fourth-order valence-electron chi connectivity index (χ4n) is 2.96. The Morgan fingerprint density at radius 1 is 1.24 bits per heavy atom. The molecule has 0 aliphatic carbocycles. The molecule has 2 heterocycles. The minimum Gasteiger partial charge on any atom is -0.356 e. The first kappa shape index (κ1) is 16.9. The number of carbonyl (C=O) groups is 1. The highest BCUT2D eigenvalue weighted by Crippen LogP contribution is 2.22. The molecule has 1 fully saturated rings. The molecule has 0 saturated carbocycles. The van der Waals surface area contributed by atoms with Crippen molar-refractivity contribution in [1.29, 1.82) is 5.26 Å². The average Bonchev–Trinajstić information content (AvgIpc) is 2.94. The second kappa shape index (κ2) is 6.89. The number of nitrogens with one attached hydrogen (secondary N) is 1. The summed E-state index contributed by atoms with van der Waals surface area (Å²) in [7, 11) is 0. The number of nitrogens with zero attached hydrogens (tertiary/aromatic N) is 4. The predicted molar refractivity (Wildman–Crippen MR) is 94.8 cm³/mol. The molecule has 0 bridgehead atoms. The van der Waals surface area contributed by atoms with Crippen LogP contribution in [0.2, 0.25) is 0 Å². The Morgan fingerprint density at radius 3 is 2.64 bits per heavy atom. The monoisotopic (exact) mass is 335 g/mol. The summed E-state index contributed by atoms with van der Waals surface area (Å²) in [6, 6.07) is 9.99. The first-order valence-electron chi connectivity index (χ1n) is 8.34. The lowest BCUT2D eigenvalue weighted by Gasteiger charge is -2.18. The molecule has 1 aromatic heterocycles. The van der Waals surface area contributed by atoms with Crippen molar-refractivity contribution in [3.63, 3.8) is 0 Å².